The Morgan fingerprint density at radius 1 is 1.00 bits per heavy atom. The summed E-state index contributed by atoms with van der Waals surface area (Å²) in [5.74, 6) is 0.118. The summed E-state index contributed by atoms with van der Waals surface area (Å²) in [7, 11) is 1.56. The third-order valence-electron chi connectivity index (χ3n) is 7.22. The third kappa shape index (κ3) is 6.93. The maximum atomic E-state index is 14.8. The molecule has 0 spiro atoms. The number of hydrogen-bond donors (Lipinski definition) is 1. The molecule has 1 aliphatic rings. The Morgan fingerprint density at radius 3 is 2.42 bits per heavy atom. The average molecular weight is 521 g/mol. The number of ether oxygens (including phenoxy) is 3. The number of carboxylic acid groups (broad SMARTS) is 1. The van der Waals surface area contributed by atoms with Crippen molar-refractivity contribution in [3.63, 3.8) is 0 Å². The second kappa shape index (κ2) is 11.2. The molecule has 5 nitrogen and oxygen atoms in total. The third-order valence-corrected chi connectivity index (χ3v) is 7.22. The van der Waals surface area contributed by atoms with Gasteiger partial charge in [-0.3, -0.25) is 4.79 Å². The summed E-state index contributed by atoms with van der Waals surface area (Å²) in [6.07, 6.45) is 2.19. The molecule has 3 aromatic rings. The van der Waals surface area contributed by atoms with E-state index in [2.05, 4.69) is 6.92 Å². The molecule has 0 bridgehead atoms. The molecular formula is C32H37FO5. The normalized spacial score (nSPS) is 15.1. The van der Waals surface area contributed by atoms with E-state index in [0.29, 0.717) is 30.3 Å². The molecular weight excluding hydrogens is 483 g/mol. The highest BCUT2D eigenvalue weighted by Crippen LogP contribution is 2.57. The minimum atomic E-state index is -0.785. The zero-order chi connectivity index (χ0) is 27.5. The molecule has 3 aromatic carbocycles. The molecule has 6 heteroatoms. The van der Waals surface area contributed by atoms with Gasteiger partial charge in [-0.2, -0.15) is 0 Å². The number of benzene rings is 3. The standard InChI is InChI=1S/C32H37FO5/c1-31(2,3)38-20-23-15-21(9-11-26(23)27-17-24(36-5)10-12-29(27)33)19-37-25-8-6-7-22(16-25)28(18-30(34)35)32(4)13-14-32/h6-12,15-17,28H,13-14,18-20H2,1-5H3,(H,34,35)/t28-/m1/s1. The number of aliphatic carboxylic acids is 1. The predicted octanol–water partition coefficient (Wildman–Crippen LogP) is 7.75. The Labute approximate surface area is 224 Å². The smallest absolute Gasteiger partial charge is 0.303 e. The van der Waals surface area contributed by atoms with E-state index in [4.69, 9.17) is 14.2 Å². The zero-order valence-electron chi connectivity index (χ0n) is 22.8. The van der Waals surface area contributed by atoms with Crippen molar-refractivity contribution in [2.45, 2.75) is 71.7 Å². The van der Waals surface area contributed by atoms with E-state index in [9.17, 15) is 14.3 Å². The first-order valence-corrected chi connectivity index (χ1v) is 13.0. The molecule has 0 saturated heterocycles. The Balaban J connectivity index is 1.58. The van der Waals surface area contributed by atoms with Crippen LogP contribution in [0.25, 0.3) is 11.1 Å². The first-order valence-electron chi connectivity index (χ1n) is 13.0. The van der Waals surface area contributed by atoms with Crippen LogP contribution >= 0.6 is 0 Å². The summed E-state index contributed by atoms with van der Waals surface area (Å²) in [6.45, 7) is 8.74. The molecule has 1 N–H and O–H groups in total. The van der Waals surface area contributed by atoms with E-state index in [1.165, 1.54) is 6.07 Å². The fourth-order valence-corrected chi connectivity index (χ4v) is 4.73. The van der Waals surface area contributed by atoms with Crippen LogP contribution in [-0.4, -0.2) is 23.8 Å². The Kier molecular flexibility index (Phi) is 8.12. The Morgan fingerprint density at radius 2 is 1.76 bits per heavy atom. The van der Waals surface area contributed by atoms with Crippen molar-refractivity contribution in [3.8, 4) is 22.6 Å². The van der Waals surface area contributed by atoms with Crippen LogP contribution in [0, 0.1) is 11.2 Å². The zero-order valence-corrected chi connectivity index (χ0v) is 22.8. The molecule has 1 aliphatic carbocycles. The lowest BCUT2D eigenvalue weighted by molar-refractivity contribution is -0.137. The van der Waals surface area contributed by atoms with Gasteiger partial charge in [-0.25, -0.2) is 4.39 Å². The van der Waals surface area contributed by atoms with Crippen molar-refractivity contribution in [2.24, 2.45) is 5.41 Å². The van der Waals surface area contributed by atoms with Crippen molar-refractivity contribution in [1.29, 1.82) is 0 Å². The highest BCUT2D eigenvalue weighted by Gasteiger charge is 2.46. The fourth-order valence-electron chi connectivity index (χ4n) is 4.73. The van der Waals surface area contributed by atoms with E-state index < -0.39 is 5.97 Å². The lowest BCUT2D eigenvalue weighted by Gasteiger charge is -2.23. The maximum Gasteiger partial charge on any atom is 0.303 e. The second-order valence-corrected chi connectivity index (χ2v) is 11.4. The van der Waals surface area contributed by atoms with E-state index >= 15 is 0 Å². The number of carboxylic acids is 1. The van der Waals surface area contributed by atoms with Gasteiger partial charge in [0.2, 0.25) is 0 Å². The summed E-state index contributed by atoms with van der Waals surface area (Å²) < 4.78 is 32.4. The molecule has 1 saturated carbocycles. The lowest BCUT2D eigenvalue weighted by Crippen LogP contribution is -2.19. The van der Waals surface area contributed by atoms with E-state index in [0.717, 1.165) is 35.1 Å². The maximum absolute atomic E-state index is 14.8. The van der Waals surface area contributed by atoms with E-state index in [1.807, 2.05) is 63.2 Å². The van der Waals surface area contributed by atoms with Crippen LogP contribution in [0.5, 0.6) is 11.5 Å². The van der Waals surface area contributed by atoms with Gasteiger partial charge in [0.15, 0.2) is 0 Å². The van der Waals surface area contributed by atoms with Crippen molar-refractivity contribution in [2.75, 3.05) is 7.11 Å². The number of carbonyl (C=O) groups is 1. The molecule has 1 atom stereocenters. The monoisotopic (exact) mass is 520 g/mol. The van der Waals surface area contributed by atoms with E-state index in [1.54, 1.807) is 19.2 Å². The molecule has 1 fully saturated rings. The summed E-state index contributed by atoms with van der Waals surface area (Å²) in [4.78, 5) is 11.5. The molecule has 0 aromatic heterocycles. The number of halogens is 1. The van der Waals surface area contributed by atoms with Crippen LogP contribution in [-0.2, 0) is 22.7 Å². The number of methoxy groups -OCH3 is 1. The van der Waals surface area contributed by atoms with Gasteiger partial charge in [0.1, 0.15) is 23.9 Å². The van der Waals surface area contributed by atoms with Crippen molar-refractivity contribution in [3.05, 3.63) is 83.2 Å². The summed E-state index contributed by atoms with van der Waals surface area (Å²) >= 11 is 0. The van der Waals surface area contributed by atoms with Crippen LogP contribution in [0.15, 0.2) is 60.7 Å². The predicted molar refractivity (Wildman–Crippen MR) is 146 cm³/mol. The van der Waals surface area contributed by atoms with Crippen LogP contribution in [0.4, 0.5) is 4.39 Å². The van der Waals surface area contributed by atoms with Gasteiger partial charge in [0.05, 0.1) is 25.7 Å². The molecule has 0 radical (unpaired) electrons. The second-order valence-electron chi connectivity index (χ2n) is 11.4. The fraction of sp³-hybridized carbons (Fsp3) is 0.406. The van der Waals surface area contributed by atoms with Crippen LogP contribution in [0.3, 0.4) is 0 Å². The van der Waals surface area contributed by atoms with Crippen LogP contribution < -0.4 is 9.47 Å². The Bertz CT molecular complexity index is 1290. The molecule has 4 rings (SSSR count). The molecule has 202 valence electrons. The quantitative estimate of drug-likeness (QED) is 0.280. The van der Waals surface area contributed by atoms with Gasteiger partial charge in [-0.1, -0.05) is 31.2 Å². The van der Waals surface area contributed by atoms with Gasteiger partial charge in [-0.15, -0.1) is 0 Å². The van der Waals surface area contributed by atoms with Crippen molar-refractivity contribution < 1.29 is 28.5 Å². The summed E-state index contributed by atoms with van der Waals surface area (Å²) in [5, 5.41) is 9.46. The largest absolute Gasteiger partial charge is 0.497 e. The van der Waals surface area contributed by atoms with Crippen LogP contribution in [0.1, 0.15) is 69.6 Å². The molecule has 0 aliphatic heterocycles. The van der Waals surface area contributed by atoms with Gasteiger partial charge >= 0.3 is 5.97 Å². The van der Waals surface area contributed by atoms with Crippen LogP contribution in [0.2, 0.25) is 0 Å². The first-order chi connectivity index (χ1) is 18.0. The highest BCUT2D eigenvalue weighted by molar-refractivity contribution is 5.70. The number of hydrogen-bond acceptors (Lipinski definition) is 4. The minimum absolute atomic E-state index is 0.0319. The molecule has 38 heavy (non-hydrogen) atoms. The molecule has 0 heterocycles. The minimum Gasteiger partial charge on any atom is -0.497 e. The first kappa shape index (κ1) is 27.6. The van der Waals surface area contributed by atoms with Gasteiger partial charge < -0.3 is 19.3 Å². The average Bonchev–Trinajstić information content (AvgIpc) is 3.63. The topological polar surface area (TPSA) is 65.0 Å². The lowest BCUT2D eigenvalue weighted by atomic mass is 9.82. The molecule has 0 unspecified atom stereocenters. The summed E-state index contributed by atoms with van der Waals surface area (Å²) in [5.41, 5.74) is 3.64. The van der Waals surface area contributed by atoms with Gasteiger partial charge in [-0.05, 0) is 104 Å². The highest BCUT2D eigenvalue weighted by atomic mass is 19.1. The van der Waals surface area contributed by atoms with E-state index in [-0.39, 0.29) is 29.2 Å². The number of rotatable bonds is 11. The van der Waals surface area contributed by atoms with Gasteiger partial charge in [0, 0.05) is 5.56 Å². The molecule has 0 amide bonds. The van der Waals surface area contributed by atoms with Crippen molar-refractivity contribution >= 4 is 5.97 Å². The summed E-state index contributed by atoms with van der Waals surface area (Å²) in [6, 6.07) is 18.3. The Hall–Kier alpha value is -3.38. The SMILES string of the molecule is COc1ccc(F)c(-c2ccc(COc3cccc([C@@H](CC(=O)O)C4(C)CC4)c3)cc2COC(C)(C)C)c1. The van der Waals surface area contributed by atoms with Crippen molar-refractivity contribution in [1.82, 2.24) is 0 Å². The van der Waals surface area contributed by atoms with Gasteiger partial charge in [0.25, 0.3) is 0 Å².